The third-order valence-corrected chi connectivity index (χ3v) is 13.5. The van der Waals surface area contributed by atoms with E-state index in [9.17, 15) is 18.0 Å². The molecule has 2 amide bonds. The van der Waals surface area contributed by atoms with Gasteiger partial charge >= 0.3 is 0 Å². The van der Waals surface area contributed by atoms with E-state index in [0.717, 1.165) is 69.7 Å². The number of aromatic nitrogens is 3. The van der Waals surface area contributed by atoms with Crippen LogP contribution in [-0.4, -0.2) is 78.4 Å². The van der Waals surface area contributed by atoms with Crippen LogP contribution in [0.15, 0.2) is 91.4 Å². The Bertz CT molecular complexity index is 2410. The smallest absolute Gasteiger partial charge is 0.234 e. The molecule has 3 aromatic carbocycles. The molecule has 0 spiro atoms. The maximum absolute atomic E-state index is 16.0. The summed E-state index contributed by atoms with van der Waals surface area (Å²) in [6.45, 7) is 6.39. The molecule has 3 saturated heterocycles. The quantitative estimate of drug-likeness (QED) is 0.123. The lowest BCUT2D eigenvalue weighted by Crippen LogP contribution is -2.41. The van der Waals surface area contributed by atoms with Crippen LogP contribution in [0.2, 0.25) is 0 Å². The Morgan fingerprint density at radius 2 is 1.58 bits per heavy atom. The minimum absolute atomic E-state index is 0.102. The SMILES string of the molecule is CCCS(=O)(=O)Nc1cccc(-c2cn(-c3ccc(C4CCN(CC5CCN(c6ccc([C@H]7CCC(=O)NC7=O)cc6F)CC5)CC4)cc3)nc2-c2ccncc2)c1F. The lowest BCUT2D eigenvalue weighted by molar-refractivity contribution is -0.134. The molecule has 5 aromatic rings. The van der Waals surface area contributed by atoms with Crippen molar-refractivity contribution in [2.75, 3.05) is 48.1 Å². The number of imide groups is 1. The number of sulfonamides is 1. The van der Waals surface area contributed by atoms with Crippen LogP contribution in [0.25, 0.3) is 28.1 Å². The van der Waals surface area contributed by atoms with E-state index in [4.69, 9.17) is 5.10 Å². The predicted octanol–water partition coefficient (Wildman–Crippen LogP) is 7.65. The van der Waals surface area contributed by atoms with Crippen LogP contribution in [0.1, 0.15) is 74.8 Å². The Morgan fingerprint density at radius 3 is 2.27 bits per heavy atom. The van der Waals surface area contributed by atoms with Gasteiger partial charge in [-0.25, -0.2) is 21.9 Å². The number of carbonyl (C=O) groups is 2. The summed E-state index contributed by atoms with van der Waals surface area (Å²) in [6, 6.07) is 21.8. The van der Waals surface area contributed by atoms with Gasteiger partial charge in [-0.15, -0.1) is 0 Å². The molecule has 59 heavy (non-hydrogen) atoms. The van der Waals surface area contributed by atoms with Gasteiger partial charge in [0.1, 0.15) is 11.5 Å². The van der Waals surface area contributed by atoms with Crippen molar-refractivity contribution in [1.29, 1.82) is 0 Å². The number of pyridine rings is 1. The summed E-state index contributed by atoms with van der Waals surface area (Å²) >= 11 is 0. The zero-order valence-electron chi connectivity index (χ0n) is 33.1. The van der Waals surface area contributed by atoms with Crippen LogP contribution in [0.5, 0.6) is 0 Å². The summed E-state index contributed by atoms with van der Waals surface area (Å²) in [5.41, 5.74) is 5.25. The van der Waals surface area contributed by atoms with Crippen molar-refractivity contribution in [2.45, 2.75) is 63.7 Å². The number of likely N-dealkylation sites (tertiary alicyclic amines) is 1. The largest absolute Gasteiger partial charge is 0.369 e. The molecule has 2 N–H and O–H groups in total. The zero-order chi connectivity index (χ0) is 41.1. The number of hydrogen-bond donors (Lipinski definition) is 2. The third-order valence-electron chi connectivity index (χ3n) is 12.0. The molecular weight excluding hydrogens is 773 g/mol. The average molecular weight is 822 g/mol. The number of carbonyl (C=O) groups excluding carboxylic acids is 2. The van der Waals surface area contributed by atoms with Gasteiger partial charge in [-0.05, 0) is 117 Å². The van der Waals surface area contributed by atoms with Crippen LogP contribution in [0.4, 0.5) is 20.2 Å². The Labute approximate surface area is 343 Å². The van der Waals surface area contributed by atoms with E-state index in [1.807, 2.05) is 30.3 Å². The number of nitrogens with zero attached hydrogens (tertiary/aromatic N) is 5. The molecule has 0 aliphatic carbocycles. The number of anilines is 2. The minimum atomic E-state index is -3.70. The maximum atomic E-state index is 16.0. The van der Waals surface area contributed by atoms with Gasteiger partial charge in [0.25, 0.3) is 0 Å². The van der Waals surface area contributed by atoms with Gasteiger partial charge in [0.15, 0.2) is 5.82 Å². The van der Waals surface area contributed by atoms with Gasteiger partial charge < -0.3 is 9.80 Å². The topological polar surface area (TPSA) is 130 Å². The molecule has 3 aliphatic heterocycles. The molecule has 14 heteroatoms. The highest BCUT2D eigenvalue weighted by molar-refractivity contribution is 7.92. The van der Waals surface area contributed by atoms with Gasteiger partial charge in [-0.1, -0.05) is 37.3 Å². The van der Waals surface area contributed by atoms with Crippen molar-refractivity contribution in [2.24, 2.45) is 5.92 Å². The molecule has 5 heterocycles. The molecule has 3 fully saturated rings. The number of piperidine rings is 3. The Hall–Kier alpha value is -5.47. The number of nitrogens with one attached hydrogen (secondary N) is 2. The van der Waals surface area contributed by atoms with E-state index < -0.39 is 21.8 Å². The lowest BCUT2D eigenvalue weighted by Gasteiger charge is -2.38. The zero-order valence-corrected chi connectivity index (χ0v) is 33.9. The molecule has 11 nitrogen and oxygen atoms in total. The summed E-state index contributed by atoms with van der Waals surface area (Å²) in [6.07, 6.45) is 10.3. The number of benzene rings is 3. The van der Waals surface area contributed by atoms with E-state index in [1.165, 1.54) is 17.7 Å². The molecule has 0 bridgehead atoms. The average Bonchev–Trinajstić information content (AvgIpc) is 3.68. The number of amides is 2. The fraction of sp³-hybridized carbons (Fsp3) is 0.378. The predicted molar refractivity (Wildman–Crippen MR) is 225 cm³/mol. The van der Waals surface area contributed by atoms with E-state index in [1.54, 1.807) is 48.4 Å². The van der Waals surface area contributed by atoms with Crippen LogP contribution in [-0.2, 0) is 19.6 Å². The van der Waals surface area contributed by atoms with Crippen LogP contribution >= 0.6 is 0 Å². The molecule has 0 saturated carbocycles. The van der Waals surface area contributed by atoms with Crippen LogP contribution in [0, 0.1) is 17.6 Å². The van der Waals surface area contributed by atoms with Crippen molar-refractivity contribution >= 4 is 33.2 Å². The summed E-state index contributed by atoms with van der Waals surface area (Å²) in [4.78, 5) is 32.6. The second-order valence-electron chi connectivity index (χ2n) is 16.0. The molecule has 308 valence electrons. The monoisotopic (exact) mass is 821 g/mol. The summed E-state index contributed by atoms with van der Waals surface area (Å²) in [5.74, 6) is -1.24. The van der Waals surface area contributed by atoms with E-state index in [0.29, 0.717) is 47.2 Å². The minimum Gasteiger partial charge on any atom is -0.369 e. The highest BCUT2D eigenvalue weighted by atomic mass is 32.2. The fourth-order valence-electron chi connectivity index (χ4n) is 8.81. The van der Waals surface area contributed by atoms with E-state index in [2.05, 4.69) is 37.0 Å². The highest BCUT2D eigenvalue weighted by Crippen LogP contribution is 2.37. The molecule has 8 rings (SSSR count). The van der Waals surface area contributed by atoms with Crippen molar-refractivity contribution in [3.63, 3.8) is 0 Å². The Kier molecular flexibility index (Phi) is 11.9. The third kappa shape index (κ3) is 9.08. The van der Waals surface area contributed by atoms with E-state index in [-0.39, 0.29) is 41.1 Å². The van der Waals surface area contributed by atoms with Crippen LogP contribution in [0.3, 0.4) is 0 Å². The van der Waals surface area contributed by atoms with Gasteiger partial charge in [0.2, 0.25) is 21.8 Å². The number of halogens is 2. The van der Waals surface area contributed by atoms with Gasteiger partial charge in [-0.3, -0.25) is 24.6 Å². The highest BCUT2D eigenvalue weighted by Gasteiger charge is 2.30. The van der Waals surface area contributed by atoms with Crippen molar-refractivity contribution < 1.29 is 26.8 Å². The van der Waals surface area contributed by atoms with Gasteiger partial charge in [0.05, 0.1) is 28.7 Å². The first-order valence-electron chi connectivity index (χ1n) is 20.6. The van der Waals surface area contributed by atoms with Crippen molar-refractivity contribution in [1.82, 2.24) is 25.0 Å². The maximum Gasteiger partial charge on any atom is 0.234 e. The first-order valence-corrected chi connectivity index (χ1v) is 22.2. The standard InChI is InChI=1S/C45H49F2N7O4S/c1-2-26-59(57,58)51-40-5-3-4-37(43(40)47)38-29-54(50-44(38)33-14-20-48-21-15-33)35-9-6-31(7-10-35)32-18-22-52(23-19-32)28-30-16-24-53(25-17-30)41-12-8-34(27-39(41)46)36-11-13-42(55)49-45(36)56/h3-10,12,14-15,20-21,27,29-30,32,36,51H,2,11,13,16-19,22-26,28H2,1H3,(H,49,55,56)/t36-/m1/s1. The molecular formula is C45H49F2N7O4S. The van der Waals surface area contributed by atoms with E-state index >= 15 is 8.78 Å². The second-order valence-corrected chi connectivity index (χ2v) is 17.8. The normalized spacial score (nSPS) is 18.6. The van der Waals surface area contributed by atoms with Gasteiger partial charge in [0, 0.05) is 61.3 Å². The first kappa shape index (κ1) is 40.3. The van der Waals surface area contributed by atoms with Crippen LogP contribution < -0.4 is 14.9 Å². The number of hydrogen-bond acceptors (Lipinski definition) is 8. The van der Waals surface area contributed by atoms with Crippen molar-refractivity contribution in [3.05, 3.63) is 114 Å². The molecule has 3 aliphatic rings. The molecule has 0 unspecified atom stereocenters. The Balaban J connectivity index is 0.878. The molecule has 0 radical (unpaired) electrons. The van der Waals surface area contributed by atoms with Crippen molar-refractivity contribution in [3.8, 4) is 28.1 Å². The first-order chi connectivity index (χ1) is 28.5. The molecule has 2 aromatic heterocycles. The lowest BCUT2D eigenvalue weighted by atomic mass is 9.88. The fourth-order valence-corrected chi connectivity index (χ4v) is 9.94. The second kappa shape index (κ2) is 17.4. The molecule has 1 atom stereocenters. The summed E-state index contributed by atoms with van der Waals surface area (Å²) in [5, 5.41) is 7.25. The summed E-state index contributed by atoms with van der Waals surface area (Å²) < 4.78 is 60.5. The number of rotatable bonds is 12. The van der Waals surface area contributed by atoms with Gasteiger partial charge in [-0.2, -0.15) is 5.10 Å². The Morgan fingerprint density at radius 1 is 0.847 bits per heavy atom. The summed E-state index contributed by atoms with van der Waals surface area (Å²) in [7, 11) is -3.70.